The van der Waals surface area contributed by atoms with Crippen molar-refractivity contribution in [3.05, 3.63) is 54.4 Å². The summed E-state index contributed by atoms with van der Waals surface area (Å²) in [6, 6.07) is 9.13. The largest absolute Gasteiger partial charge is 0.488 e. The Hall–Kier alpha value is -2.60. The Balaban J connectivity index is 1.56. The molecule has 25 heavy (non-hydrogen) atoms. The molecule has 1 aromatic heterocycles. The van der Waals surface area contributed by atoms with Gasteiger partial charge in [0.15, 0.2) is 0 Å². The van der Waals surface area contributed by atoms with Gasteiger partial charge in [-0.3, -0.25) is 9.48 Å². The van der Waals surface area contributed by atoms with E-state index in [9.17, 15) is 9.90 Å². The van der Waals surface area contributed by atoms with Gasteiger partial charge in [0.1, 0.15) is 18.0 Å². The van der Waals surface area contributed by atoms with Crippen LogP contribution in [0.5, 0.6) is 5.75 Å². The van der Waals surface area contributed by atoms with E-state index in [1.54, 1.807) is 17.0 Å². The van der Waals surface area contributed by atoms with E-state index in [1.807, 2.05) is 43.6 Å². The molecule has 0 spiro atoms. The van der Waals surface area contributed by atoms with Crippen LogP contribution in [0.4, 0.5) is 0 Å². The number of benzene rings is 1. The Kier molecular flexibility index (Phi) is 5.50. The molecule has 1 saturated carbocycles. The Bertz CT molecular complexity index is 727. The highest BCUT2D eigenvalue weighted by atomic mass is 16.5. The molecule has 0 bridgehead atoms. The fraction of sp³-hybridized carbons (Fsp3) is 0.368. The molecule has 3 rings (SSSR count). The maximum absolute atomic E-state index is 12.1. The summed E-state index contributed by atoms with van der Waals surface area (Å²) in [5, 5.41) is 17.5. The van der Waals surface area contributed by atoms with Crippen LogP contribution in [0.25, 0.3) is 6.08 Å². The molecule has 2 aromatic rings. The van der Waals surface area contributed by atoms with Gasteiger partial charge < -0.3 is 15.2 Å². The average Bonchev–Trinajstić information content (AvgIpc) is 3.03. The summed E-state index contributed by atoms with van der Waals surface area (Å²) in [6.07, 6.45) is 8.03. The van der Waals surface area contributed by atoms with E-state index in [0.29, 0.717) is 0 Å². The minimum absolute atomic E-state index is 0.228. The molecular formula is C19H23N3O3. The maximum atomic E-state index is 12.1. The van der Waals surface area contributed by atoms with Crippen molar-refractivity contribution in [3.63, 3.8) is 0 Å². The van der Waals surface area contributed by atoms with Gasteiger partial charge in [-0.2, -0.15) is 5.10 Å². The molecule has 1 heterocycles. The lowest BCUT2D eigenvalue weighted by Crippen LogP contribution is -2.52. The summed E-state index contributed by atoms with van der Waals surface area (Å²) in [7, 11) is 1.82. The third-order valence-corrected chi connectivity index (χ3v) is 4.31. The van der Waals surface area contributed by atoms with Gasteiger partial charge in [0.25, 0.3) is 0 Å². The molecule has 132 valence electrons. The van der Waals surface area contributed by atoms with Crippen molar-refractivity contribution in [1.29, 1.82) is 0 Å². The van der Waals surface area contributed by atoms with Gasteiger partial charge >= 0.3 is 0 Å². The van der Waals surface area contributed by atoms with Crippen molar-refractivity contribution in [2.24, 2.45) is 7.05 Å². The fourth-order valence-corrected chi connectivity index (χ4v) is 3.03. The molecule has 0 unspecified atom stereocenters. The Morgan fingerprint density at radius 2 is 2.16 bits per heavy atom. The number of amides is 1. The van der Waals surface area contributed by atoms with Crippen LogP contribution in [0, 0.1) is 0 Å². The number of aryl methyl sites for hydroxylation is 1. The van der Waals surface area contributed by atoms with E-state index in [-0.39, 0.29) is 18.1 Å². The molecule has 1 aliphatic rings. The van der Waals surface area contributed by atoms with Gasteiger partial charge in [0.05, 0.1) is 12.2 Å². The summed E-state index contributed by atoms with van der Waals surface area (Å²) in [6.45, 7) is 0. The van der Waals surface area contributed by atoms with Crippen molar-refractivity contribution < 1.29 is 14.6 Å². The lowest BCUT2D eigenvalue weighted by atomic mass is 9.89. The zero-order valence-electron chi connectivity index (χ0n) is 14.2. The van der Waals surface area contributed by atoms with Gasteiger partial charge in [0.2, 0.25) is 5.91 Å². The molecule has 3 atom stereocenters. The summed E-state index contributed by atoms with van der Waals surface area (Å²) >= 11 is 0. The van der Waals surface area contributed by atoms with Crippen molar-refractivity contribution in [3.8, 4) is 5.75 Å². The van der Waals surface area contributed by atoms with Gasteiger partial charge in [-0.1, -0.05) is 18.2 Å². The number of carbonyl (C=O) groups is 1. The van der Waals surface area contributed by atoms with Gasteiger partial charge in [0, 0.05) is 24.9 Å². The number of aliphatic hydroxyl groups excluding tert-OH is 1. The smallest absolute Gasteiger partial charge is 0.244 e. The quantitative estimate of drug-likeness (QED) is 0.815. The molecule has 0 radical (unpaired) electrons. The van der Waals surface area contributed by atoms with Gasteiger partial charge in [-0.25, -0.2) is 0 Å². The molecule has 6 heteroatoms. The molecule has 0 saturated heterocycles. The van der Waals surface area contributed by atoms with E-state index in [0.717, 1.165) is 30.6 Å². The molecule has 1 aliphatic carbocycles. The fourth-order valence-electron chi connectivity index (χ4n) is 3.03. The summed E-state index contributed by atoms with van der Waals surface area (Å²) in [4.78, 5) is 12.1. The van der Waals surface area contributed by atoms with Crippen LogP contribution in [0.2, 0.25) is 0 Å². The zero-order chi connectivity index (χ0) is 17.6. The van der Waals surface area contributed by atoms with Gasteiger partial charge in [-0.15, -0.1) is 0 Å². The van der Waals surface area contributed by atoms with Crippen LogP contribution in [-0.2, 0) is 11.8 Å². The zero-order valence-corrected chi connectivity index (χ0v) is 14.2. The first-order valence-electron chi connectivity index (χ1n) is 8.49. The molecule has 1 amide bonds. The normalized spacial score (nSPS) is 23.5. The number of rotatable bonds is 5. The van der Waals surface area contributed by atoms with Crippen molar-refractivity contribution >= 4 is 12.0 Å². The van der Waals surface area contributed by atoms with Crippen molar-refractivity contribution in [2.75, 3.05) is 0 Å². The molecule has 1 fully saturated rings. The number of carbonyl (C=O) groups excluding carboxylic acids is 1. The first-order valence-corrected chi connectivity index (χ1v) is 8.49. The predicted molar refractivity (Wildman–Crippen MR) is 94.9 cm³/mol. The molecule has 1 aromatic carbocycles. The van der Waals surface area contributed by atoms with E-state index in [2.05, 4.69) is 10.4 Å². The Morgan fingerprint density at radius 3 is 2.88 bits per heavy atom. The maximum Gasteiger partial charge on any atom is 0.244 e. The lowest BCUT2D eigenvalue weighted by molar-refractivity contribution is -0.119. The summed E-state index contributed by atoms with van der Waals surface area (Å²) in [5.74, 6) is 0.503. The third-order valence-electron chi connectivity index (χ3n) is 4.31. The number of nitrogens with one attached hydrogen (secondary N) is 1. The molecular weight excluding hydrogens is 318 g/mol. The number of nitrogens with zero attached hydrogens (tertiary/aromatic N) is 2. The minimum Gasteiger partial charge on any atom is -0.488 e. The number of aromatic nitrogens is 2. The van der Waals surface area contributed by atoms with Crippen LogP contribution >= 0.6 is 0 Å². The first kappa shape index (κ1) is 17.2. The number of hydrogen-bond acceptors (Lipinski definition) is 4. The summed E-state index contributed by atoms with van der Waals surface area (Å²) in [5.41, 5.74) is 0.854. The van der Waals surface area contributed by atoms with E-state index >= 15 is 0 Å². The predicted octanol–water partition coefficient (Wildman–Crippen LogP) is 1.91. The SMILES string of the molecule is Cn1cc(/C=C/C(=O)N[C@@H]2CCC[C@@H](Oc3ccccc3)[C@@H]2O)cn1. The van der Waals surface area contributed by atoms with E-state index in [4.69, 9.17) is 4.74 Å². The van der Waals surface area contributed by atoms with E-state index in [1.165, 1.54) is 6.08 Å². The highest BCUT2D eigenvalue weighted by Gasteiger charge is 2.33. The number of aliphatic hydroxyl groups is 1. The first-order chi connectivity index (χ1) is 12.1. The average molecular weight is 341 g/mol. The molecule has 0 aliphatic heterocycles. The van der Waals surface area contributed by atoms with Gasteiger partial charge in [-0.05, 0) is 37.5 Å². The van der Waals surface area contributed by atoms with Crippen LogP contribution in [-0.4, -0.2) is 39.0 Å². The standard InChI is InChI=1S/C19H23N3O3/c1-22-13-14(12-20-22)10-11-18(23)21-16-8-5-9-17(19(16)24)25-15-6-3-2-4-7-15/h2-4,6-7,10-13,16-17,19,24H,5,8-9H2,1H3,(H,21,23)/b11-10+/t16-,17-,19-/m1/s1. The second-order valence-electron chi connectivity index (χ2n) is 6.29. The number of ether oxygens (including phenoxy) is 1. The molecule has 2 N–H and O–H groups in total. The second-order valence-corrected chi connectivity index (χ2v) is 6.29. The second kappa shape index (κ2) is 7.98. The van der Waals surface area contributed by atoms with Crippen LogP contribution in [0.1, 0.15) is 24.8 Å². The van der Waals surface area contributed by atoms with Crippen molar-refractivity contribution in [2.45, 2.75) is 37.5 Å². The van der Waals surface area contributed by atoms with Crippen LogP contribution < -0.4 is 10.1 Å². The Labute approximate surface area is 147 Å². The van der Waals surface area contributed by atoms with Crippen molar-refractivity contribution in [1.82, 2.24) is 15.1 Å². The van der Waals surface area contributed by atoms with Crippen LogP contribution in [0.15, 0.2) is 48.8 Å². The van der Waals surface area contributed by atoms with E-state index < -0.39 is 6.10 Å². The highest BCUT2D eigenvalue weighted by molar-refractivity contribution is 5.91. The lowest BCUT2D eigenvalue weighted by Gasteiger charge is -2.35. The monoisotopic (exact) mass is 341 g/mol. The Morgan fingerprint density at radius 1 is 1.36 bits per heavy atom. The topological polar surface area (TPSA) is 76.4 Å². The third kappa shape index (κ3) is 4.70. The number of hydrogen-bond donors (Lipinski definition) is 2. The highest BCUT2D eigenvalue weighted by Crippen LogP contribution is 2.24. The minimum atomic E-state index is -0.732. The molecule has 6 nitrogen and oxygen atoms in total. The van der Waals surface area contributed by atoms with Crippen LogP contribution in [0.3, 0.4) is 0 Å². The summed E-state index contributed by atoms with van der Waals surface area (Å²) < 4.78 is 7.56. The number of para-hydroxylation sites is 1.